The number of hydrogen-bond acceptors (Lipinski definition) is 10. The van der Waals surface area contributed by atoms with Gasteiger partial charge in [0.15, 0.2) is 5.58 Å². The number of hydrogen-bond donors (Lipinski definition) is 1. The van der Waals surface area contributed by atoms with Crippen molar-refractivity contribution in [1.29, 1.82) is 0 Å². The first kappa shape index (κ1) is 23.4. The van der Waals surface area contributed by atoms with Crippen molar-refractivity contribution in [2.45, 2.75) is 15.3 Å². The number of piperazine rings is 1. The second-order valence-corrected chi connectivity index (χ2v) is 9.87. The number of rotatable bonds is 9. The second-order valence-electron chi connectivity index (χ2n) is 7.23. The van der Waals surface area contributed by atoms with E-state index in [2.05, 4.69) is 30.1 Å². The van der Waals surface area contributed by atoms with Crippen molar-refractivity contribution in [3.05, 3.63) is 30.6 Å². The minimum atomic E-state index is -0.0228. The Bertz CT molecular complexity index is 1000. The van der Waals surface area contributed by atoms with Gasteiger partial charge in [0.25, 0.3) is 5.22 Å². The molecule has 1 fully saturated rings. The summed E-state index contributed by atoms with van der Waals surface area (Å²) in [5.74, 6) is 0.904. The van der Waals surface area contributed by atoms with Crippen molar-refractivity contribution in [2.75, 3.05) is 62.8 Å². The molecule has 2 aromatic heterocycles. The van der Waals surface area contributed by atoms with Crippen molar-refractivity contribution in [2.24, 2.45) is 0 Å². The normalized spacial score (nSPS) is 15.3. The van der Waals surface area contributed by atoms with Gasteiger partial charge >= 0.3 is 0 Å². The summed E-state index contributed by atoms with van der Waals surface area (Å²) in [4.78, 5) is 30.3. The van der Waals surface area contributed by atoms with Gasteiger partial charge in [0.1, 0.15) is 27.6 Å². The van der Waals surface area contributed by atoms with Crippen LogP contribution in [0.15, 0.2) is 50.3 Å². The third-order valence-electron chi connectivity index (χ3n) is 5.17. The van der Waals surface area contributed by atoms with Crippen molar-refractivity contribution < 1.29 is 9.21 Å². The van der Waals surface area contributed by atoms with Crippen molar-refractivity contribution in [3.63, 3.8) is 0 Å². The highest BCUT2D eigenvalue weighted by Gasteiger charge is 2.20. The molecule has 0 aliphatic carbocycles. The number of nitrogens with zero attached hydrogens (tertiary/aromatic N) is 5. The van der Waals surface area contributed by atoms with Gasteiger partial charge in [-0.15, -0.1) is 23.5 Å². The van der Waals surface area contributed by atoms with Gasteiger partial charge in [-0.1, -0.05) is 23.9 Å². The summed E-state index contributed by atoms with van der Waals surface area (Å²) in [6, 6.07) is 7.83. The van der Waals surface area contributed by atoms with Crippen molar-refractivity contribution >= 4 is 58.0 Å². The Labute approximate surface area is 200 Å². The number of oxazole rings is 1. The molecule has 4 rings (SSSR count). The van der Waals surface area contributed by atoms with E-state index >= 15 is 0 Å². The minimum absolute atomic E-state index is 0.0228. The number of fused-ring (bicyclic) bond motifs is 1. The van der Waals surface area contributed by atoms with Crippen molar-refractivity contribution in [1.82, 2.24) is 24.8 Å². The largest absolute Gasteiger partial charge is 0.431 e. The van der Waals surface area contributed by atoms with Crippen LogP contribution in [0.4, 0.5) is 5.69 Å². The number of aromatic nitrogens is 3. The van der Waals surface area contributed by atoms with Crippen LogP contribution in [0.2, 0.25) is 0 Å². The molecule has 0 spiro atoms. The van der Waals surface area contributed by atoms with Crippen LogP contribution < -0.4 is 5.32 Å². The molecule has 11 heteroatoms. The Kier molecular flexibility index (Phi) is 8.31. The summed E-state index contributed by atoms with van der Waals surface area (Å²) < 4.78 is 5.77. The van der Waals surface area contributed by atoms with Gasteiger partial charge in [-0.3, -0.25) is 14.6 Å². The van der Waals surface area contributed by atoms with Crippen LogP contribution in [0.3, 0.4) is 0 Å². The maximum absolute atomic E-state index is 12.6. The monoisotopic (exact) mass is 490 g/mol. The van der Waals surface area contributed by atoms with E-state index < -0.39 is 0 Å². The molecule has 1 aliphatic heterocycles. The fourth-order valence-corrected chi connectivity index (χ4v) is 5.41. The fraction of sp³-hybridized carbons (Fsp3) is 0.429. The van der Waals surface area contributed by atoms with Gasteiger partial charge < -0.3 is 9.73 Å². The van der Waals surface area contributed by atoms with E-state index in [0.29, 0.717) is 12.2 Å². The van der Waals surface area contributed by atoms with Crippen LogP contribution in [0.5, 0.6) is 0 Å². The molecule has 3 heterocycles. The lowest BCUT2D eigenvalue weighted by Crippen LogP contribution is -2.49. The van der Waals surface area contributed by atoms with E-state index in [4.69, 9.17) is 4.42 Å². The number of thioether (sulfide) groups is 3. The number of benzene rings is 1. The Balaban J connectivity index is 1.20. The lowest BCUT2D eigenvalue weighted by Gasteiger charge is -2.34. The molecule has 1 saturated heterocycles. The molecule has 0 radical (unpaired) electrons. The zero-order chi connectivity index (χ0) is 22.3. The van der Waals surface area contributed by atoms with Crippen LogP contribution in [0.25, 0.3) is 11.1 Å². The molecule has 0 saturated carbocycles. The highest BCUT2D eigenvalue weighted by atomic mass is 32.2. The molecule has 1 aliphatic rings. The summed E-state index contributed by atoms with van der Waals surface area (Å²) >= 11 is 4.66. The molecule has 3 aromatic rings. The van der Waals surface area contributed by atoms with Crippen molar-refractivity contribution in [3.8, 4) is 0 Å². The third kappa shape index (κ3) is 5.96. The molecular formula is C21H26N6O2S3. The standard InChI is InChI=1S/C21H26N6O2S3/c1-30-19-18(20(31-2)23-14-22-19)25-17(28)13-27-9-7-26(8-10-27)11-12-32-21-24-15-5-3-4-6-16(15)29-21/h3-6,14H,7-13H2,1-2H3,(H,25,28). The molecular weight excluding hydrogens is 464 g/mol. The molecule has 1 aromatic carbocycles. The summed E-state index contributed by atoms with van der Waals surface area (Å²) in [6.07, 6.45) is 5.43. The highest BCUT2D eigenvalue weighted by molar-refractivity contribution is 7.99. The molecule has 32 heavy (non-hydrogen) atoms. The number of para-hydroxylation sites is 2. The van der Waals surface area contributed by atoms with Crippen LogP contribution >= 0.6 is 35.3 Å². The molecule has 8 nitrogen and oxygen atoms in total. The maximum atomic E-state index is 12.6. The quantitative estimate of drug-likeness (QED) is 0.356. The summed E-state index contributed by atoms with van der Waals surface area (Å²) in [5.41, 5.74) is 2.45. The molecule has 1 amide bonds. The van der Waals surface area contributed by atoms with Crippen LogP contribution in [-0.2, 0) is 4.79 Å². The maximum Gasteiger partial charge on any atom is 0.256 e. The minimum Gasteiger partial charge on any atom is -0.431 e. The number of nitrogens with one attached hydrogen (secondary N) is 1. The lowest BCUT2D eigenvalue weighted by atomic mass is 10.3. The van der Waals surface area contributed by atoms with Gasteiger partial charge in [-0.2, -0.15) is 0 Å². The predicted molar refractivity (Wildman–Crippen MR) is 132 cm³/mol. The molecule has 0 unspecified atom stereocenters. The van der Waals surface area contributed by atoms with E-state index in [9.17, 15) is 4.79 Å². The Morgan fingerprint density at radius 1 is 1.06 bits per heavy atom. The van der Waals surface area contributed by atoms with E-state index in [0.717, 1.165) is 64.9 Å². The smallest absolute Gasteiger partial charge is 0.256 e. The van der Waals surface area contributed by atoms with Crippen LogP contribution in [-0.4, -0.2) is 88.2 Å². The Hall–Kier alpha value is -1.79. The van der Waals surface area contributed by atoms with E-state index in [-0.39, 0.29) is 5.91 Å². The molecule has 170 valence electrons. The zero-order valence-corrected chi connectivity index (χ0v) is 20.6. The van der Waals surface area contributed by atoms with Crippen LogP contribution in [0, 0.1) is 0 Å². The van der Waals surface area contributed by atoms with Crippen LogP contribution in [0.1, 0.15) is 0 Å². The average molecular weight is 491 g/mol. The van der Waals surface area contributed by atoms with Gasteiger partial charge in [-0.25, -0.2) is 15.0 Å². The van der Waals surface area contributed by atoms with Gasteiger partial charge in [-0.05, 0) is 24.6 Å². The lowest BCUT2D eigenvalue weighted by molar-refractivity contribution is -0.117. The summed E-state index contributed by atoms with van der Waals surface area (Å²) in [6.45, 7) is 4.99. The van der Waals surface area contributed by atoms with E-state index in [1.165, 1.54) is 29.9 Å². The summed E-state index contributed by atoms with van der Waals surface area (Å²) in [5, 5.41) is 5.33. The predicted octanol–water partition coefficient (Wildman–Crippen LogP) is 3.41. The number of amides is 1. The van der Waals surface area contributed by atoms with E-state index in [1.54, 1.807) is 11.8 Å². The molecule has 0 bridgehead atoms. The number of carbonyl (C=O) groups is 1. The fourth-order valence-electron chi connectivity index (χ4n) is 3.50. The number of anilines is 1. The number of carbonyl (C=O) groups excluding carboxylic acids is 1. The zero-order valence-electron chi connectivity index (χ0n) is 18.1. The third-order valence-corrected chi connectivity index (χ3v) is 7.37. The van der Waals surface area contributed by atoms with Gasteiger partial charge in [0, 0.05) is 38.5 Å². The SMILES string of the molecule is CSc1ncnc(SC)c1NC(=O)CN1CCN(CCSc2nc3ccccc3o2)CC1. The topological polar surface area (TPSA) is 87.4 Å². The highest BCUT2D eigenvalue weighted by Crippen LogP contribution is 2.30. The average Bonchev–Trinajstić information content (AvgIpc) is 3.23. The Morgan fingerprint density at radius 3 is 2.44 bits per heavy atom. The summed E-state index contributed by atoms with van der Waals surface area (Å²) in [7, 11) is 0. The molecule has 0 atom stereocenters. The Morgan fingerprint density at radius 2 is 1.75 bits per heavy atom. The first-order valence-electron chi connectivity index (χ1n) is 10.3. The van der Waals surface area contributed by atoms with Gasteiger partial charge in [0.2, 0.25) is 5.91 Å². The first-order valence-corrected chi connectivity index (χ1v) is 13.8. The second kappa shape index (κ2) is 11.4. The van der Waals surface area contributed by atoms with Gasteiger partial charge in [0.05, 0.1) is 6.54 Å². The molecule has 1 N–H and O–H groups in total. The first-order chi connectivity index (χ1) is 15.7. The van der Waals surface area contributed by atoms with E-state index in [1.807, 2.05) is 36.8 Å².